The lowest BCUT2D eigenvalue weighted by Crippen LogP contribution is -2.24. The van der Waals surface area contributed by atoms with Crippen LogP contribution in [0.3, 0.4) is 0 Å². The minimum atomic E-state index is 0.914. The molecule has 0 amide bonds. The van der Waals surface area contributed by atoms with Crippen molar-refractivity contribution in [1.82, 2.24) is 4.90 Å². The maximum Gasteiger partial charge on any atom is 0.0346 e. The molecule has 0 atom stereocenters. The number of anilines is 1. The Morgan fingerprint density at radius 2 is 2.00 bits per heavy atom. The molecule has 2 N–H and O–H groups in total. The molecule has 0 aliphatic heterocycles. The first-order chi connectivity index (χ1) is 8.16. The van der Waals surface area contributed by atoms with Gasteiger partial charge in [-0.2, -0.15) is 0 Å². The smallest absolute Gasteiger partial charge is 0.0346 e. The molecule has 0 heterocycles. The first kappa shape index (κ1) is 12.4. The molecule has 0 saturated heterocycles. The van der Waals surface area contributed by atoms with Crippen molar-refractivity contribution in [2.24, 2.45) is 5.92 Å². The molecular weight excluding hydrogens is 208 g/mol. The second-order valence-electron chi connectivity index (χ2n) is 5.48. The molecule has 2 nitrogen and oxygen atoms in total. The third-order valence-electron chi connectivity index (χ3n) is 3.97. The van der Waals surface area contributed by atoms with Gasteiger partial charge < -0.3 is 10.6 Å². The predicted octanol–water partition coefficient (Wildman–Crippen LogP) is 3.20. The molecule has 2 rings (SSSR count). The summed E-state index contributed by atoms with van der Waals surface area (Å²) in [4.78, 5) is 2.44. The summed E-state index contributed by atoms with van der Waals surface area (Å²) < 4.78 is 0. The first-order valence-corrected chi connectivity index (χ1v) is 6.69. The van der Waals surface area contributed by atoms with Crippen LogP contribution in [0, 0.1) is 12.8 Å². The second kappa shape index (κ2) is 5.54. The Balaban J connectivity index is 1.93. The number of rotatable bonds is 4. The van der Waals surface area contributed by atoms with E-state index >= 15 is 0 Å². The molecule has 0 radical (unpaired) electrons. The summed E-state index contributed by atoms with van der Waals surface area (Å²) in [5, 5.41) is 0. The molecule has 0 bridgehead atoms. The molecular formula is C15H24N2. The van der Waals surface area contributed by atoms with Crippen LogP contribution in [-0.2, 0) is 6.54 Å². The third kappa shape index (κ3) is 3.22. The fraction of sp³-hybridized carbons (Fsp3) is 0.600. The lowest BCUT2D eigenvalue weighted by molar-refractivity contribution is 0.271. The van der Waals surface area contributed by atoms with Crippen molar-refractivity contribution < 1.29 is 0 Å². The molecule has 1 fully saturated rings. The molecule has 2 heteroatoms. The molecule has 1 saturated carbocycles. The maximum atomic E-state index is 5.94. The monoisotopic (exact) mass is 232 g/mol. The average Bonchev–Trinajstić information content (AvgIpc) is 2.77. The zero-order valence-electron chi connectivity index (χ0n) is 11.1. The molecule has 1 aliphatic rings. The second-order valence-corrected chi connectivity index (χ2v) is 5.48. The summed E-state index contributed by atoms with van der Waals surface area (Å²) in [6.07, 6.45) is 5.69. The van der Waals surface area contributed by atoms with E-state index in [1.807, 2.05) is 6.07 Å². The van der Waals surface area contributed by atoms with Crippen LogP contribution in [0.15, 0.2) is 18.2 Å². The minimum absolute atomic E-state index is 0.914. The van der Waals surface area contributed by atoms with E-state index in [9.17, 15) is 0 Å². The summed E-state index contributed by atoms with van der Waals surface area (Å²) in [5.41, 5.74) is 9.46. The van der Waals surface area contributed by atoms with Gasteiger partial charge in [-0.25, -0.2) is 0 Å². The van der Waals surface area contributed by atoms with Crippen LogP contribution in [0.1, 0.15) is 36.8 Å². The molecule has 1 aromatic rings. The van der Waals surface area contributed by atoms with Crippen molar-refractivity contribution >= 4 is 5.69 Å². The Kier molecular flexibility index (Phi) is 4.06. The Hall–Kier alpha value is -1.02. The van der Waals surface area contributed by atoms with Gasteiger partial charge in [0.25, 0.3) is 0 Å². The summed E-state index contributed by atoms with van der Waals surface area (Å²) >= 11 is 0. The highest BCUT2D eigenvalue weighted by molar-refractivity contribution is 5.49. The van der Waals surface area contributed by atoms with E-state index < -0.39 is 0 Å². The van der Waals surface area contributed by atoms with E-state index in [0.717, 1.165) is 18.2 Å². The number of hydrogen-bond donors (Lipinski definition) is 1. The van der Waals surface area contributed by atoms with Crippen molar-refractivity contribution in [1.29, 1.82) is 0 Å². The highest BCUT2D eigenvalue weighted by Crippen LogP contribution is 2.26. The normalized spacial score (nSPS) is 16.9. The minimum Gasteiger partial charge on any atom is -0.399 e. The van der Waals surface area contributed by atoms with Gasteiger partial charge in [0.05, 0.1) is 0 Å². The van der Waals surface area contributed by atoms with E-state index in [0.29, 0.717) is 0 Å². The van der Waals surface area contributed by atoms with E-state index in [4.69, 9.17) is 5.73 Å². The lowest BCUT2D eigenvalue weighted by atomic mass is 10.0. The molecule has 94 valence electrons. The fourth-order valence-electron chi connectivity index (χ4n) is 2.86. The van der Waals surface area contributed by atoms with Gasteiger partial charge in [-0.3, -0.25) is 0 Å². The van der Waals surface area contributed by atoms with Crippen LogP contribution < -0.4 is 5.73 Å². The first-order valence-electron chi connectivity index (χ1n) is 6.69. The quantitative estimate of drug-likeness (QED) is 0.808. The standard InChI is InChI=1S/C15H24N2/c1-12-14(8-5-9-15(12)16)11-17(2)10-13-6-3-4-7-13/h5,8-9,13H,3-4,6-7,10-11,16H2,1-2H3. The molecule has 1 aliphatic carbocycles. The fourth-order valence-corrected chi connectivity index (χ4v) is 2.86. The van der Waals surface area contributed by atoms with Crippen LogP contribution in [-0.4, -0.2) is 18.5 Å². The molecule has 17 heavy (non-hydrogen) atoms. The Morgan fingerprint density at radius 3 is 2.71 bits per heavy atom. The van der Waals surface area contributed by atoms with Crippen molar-refractivity contribution in [3.63, 3.8) is 0 Å². The summed E-state index contributed by atoms with van der Waals surface area (Å²) in [6, 6.07) is 6.23. The Morgan fingerprint density at radius 1 is 1.29 bits per heavy atom. The zero-order valence-corrected chi connectivity index (χ0v) is 11.1. The van der Waals surface area contributed by atoms with Gasteiger partial charge in [0.2, 0.25) is 0 Å². The molecule has 0 spiro atoms. The lowest BCUT2D eigenvalue weighted by Gasteiger charge is -2.22. The van der Waals surface area contributed by atoms with Crippen molar-refractivity contribution in [3.05, 3.63) is 29.3 Å². The maximum absolute atomic E-state index is 5.94. The topological polar surface area (TPSA) is 29.3 Å². The molecule has 0 aromatic heterocycles. The van der Waals surface area contributed by atoms with Gasteiger partial charge in [-0.15, -0.1) is 0 Å². The van der Waals surface area contributed by atoms with Crippen molar-refractivity contribution in [3.8, 4) is 0 Å². The van der Waals surface area contributed by atoms with Crippen LogP contribution in [0.4, 0.5) is 5.69 Å². The average molecular weight is 232 g/mol. The van der Waals surface area contributed by atoms with Gasteiger partial charge in [0.15, 0.2) is 0 Å². The van der Waals surface area contributed by atoms with E-state index in [2.05, 4.69) is 31.0 Å². The number of nitrogens with two attached hydrogens (primary N) is 1. The van der Waals surface area contributed by atoms with E-state index in [1.165, 1.54) is 43.4 Å². The number of benzene rings is 1. The van der Waals surface area contributed by atoms with Gasteiger partial charge in [0, 0.05) is 18.8 Å². The summed E-state index contributed by atoms with van der Waals surface area (Å²) in [6.45, 7) is 4.37. The van der Waals surface area contributed by atoms with Gasteiger partial charge in [-0.1, -0.05) is 25.0 Å². The van der Waals surface area contributed by atoms with Crippen LogP contribution in [0.5, 0.6) is 0 Å². The summed E-state index contributed by atoms with van der Waals surface area (Å²) in [7, 11) is 2.22. The van der Waals surface area contributed by atoms with Crippen molar-refractivity contribution in [2.75, 3.05) is 19.3 Å². The third-order valence-corrected chi connectivity index (χ3v) is 3.97. The number of nitrogens with zero attached hydrogens (tertiary/aromatic N) is 1. The molecule has 0 unspecified atom stereocenters. The van der Waals surface area contributed by atoms with Crippen LogP contribution in [0.2, 0.25) is 0 Å². The van der Waals surface area contributed by atoms with Gasteiger partial charge in [0.1, 0.15) is 0 Å². The highest BCUT2D eigenvalue weighted by atomic mass is 15.1. The largest absolute Gasteiger partial charge is 0.399 e. The zero-order chi connectivity index (χ0) is 12.3. The van der Waals surface area contributed by atoms with Gasteiger partial charge >= 0.3 is 0 Å². The van der Waals surface area contributed by atoms with E-state index in [1.54, 1.807) is 0 Å². The van der Waals surface area contributed by atoms with Crippen molar-refractivity contribution in [2.45, 2.75) is 39.2 Å². The van der Waals surface area contributed by atoms with E-state index in [-0.39, 0.29) is 0 Å². The number of nitrogen functional groups attached to an aromatic ring is 1. The predicted molar refractivity (Wildman–Crippen MR) is 73.9 cm³/mol. The highest BCUT2D eigenvalue weighted by Gasteiger charge is 2.17. The number of hydrogen-bond acceptors (Lipinski definition) is 2. The van der Waals surface area contributed by atoms with Crippen LogP contribution in [0.25, 0.3) is 0 Å². The Labute approximate surface area is 105 Å². The SMILES string of the molecule is Cc1c(N)cccc1CN(C)CC1CCCC1. The van der Waals surface area contributed by atoms with Crippen LogP contribution >= 0.6 is 0 Å². The molecule has 1 aromatic carbocycles. The summed E-state index contributed by atoms with van der Waals surface area (Å²) in [5.74, 6) is 0.918. The van der Waals surface area contributed by atoms with Gasteiger partial charge in [-0.05, 0) is 49.9 Å². The Bertz CT molecular complexity index is 367.